The number of aryl methyl sites for hydroxylation is 2. The largest absolute Gasteiger partial charge is 0.493 e. The summed E-state index contributed by atoms with van der Waals surface area (Å²) in [5.74, 6) is 1.37. The molecule has 1 atom stereocenters. The van der Waals surface area contributed by atoms with Crippen molar-refractivity contribution in [3.8, 4) is 11.8 Å². The Labute approximate surface area is 116 Å². The quantitative estimate of drug-likeness (QED) is 0.854. The van der Waals surface area contributed by atoms with E-state index in [2.05, 4.69) is 32.2 Å². The molecule has 0 amide bonds. The van der Waals surface area contributed by atoms with E-state index in [9.17, 15) is 0 Å². The van der Waals surface area contributed by atoms with Crippen molar-refractivity contribution < 1.29 is 4.74 Å². The predicted octanol–water partition coefficient (Wildman–Crippen LogP) is 3.19. The topological polar surface area (TPSA) is 45.0 Å². The Morgan fingerprint density at radius 1 is 1.21 bits per heavy atom. The summed E-state index contributed by atoms with van der Waals surface area (Å²) in [4.78, 5) is 0. The van der Waals surface area contributed by atoms with E-state index in [0.717, 1.165) is 23.4 Å². The summed E-state index contributed by atoms with van der Waals surface area (Å²) in [5.41, 5.74) is 2.75. The van der Waals surface area contributed by atoms with Crippen LogP contribution in [0.3, 0.4) is 0 Å². The molecule has 0 aliphatic carbocycles. The van der Waals surface area contributed by atoms with E-state index < -0.39 is 0 Å². The molecule has 0 fully saturated rings. The smallest absolute Gasteiger partial charge is 0.125 e. The normalized spacial score (nSPS) is 12.3. The van der Waals surface area contributed by atoms with Crippen LogP contribution < -0.4 is 10.1 Å². The molecule has 0 spiro atoms. The van der Waals surface area contributed by atoms with E-state index >= 15 is 0 Å². The van der Waals surface area contributed by atoms with Gasteiger partial charge in [-0.2, -0.15) is 5.26 Å². The van der Waals surface area contributed by atoms with E-state index in [1.165, 1.54) is 0 Å². The van der Waals surface area contributed by atoms with Crippen LogP contribution in [-0.4, -0.2) is 19.2 Å². The van der Waals surface area contributed by atoms with Crippen LogP contribution >= 0.6 is 0 Å². The number of nitriles is 1. The van der Waals surface area contributed by atoms with Crippen molar-refractivity contribution in [2.24, 2.45) is 5.92 Å². The molecule has 0 saturated carbocycles. The molecule has 0 aromatic heterocycles. The molecule has 0 aliphatic rings. The average molecular weight is 260 g/mol. The number of hydrogen-bond acceptors (Lipinski definition) is 3. The second-order valence-electron chi connectivity index (χ2n) is 5.53. The van der Waals surface area contributed by atoms with Crippen molar-refractivity contribution in [2.45, 2.75) is 40.7 Å². The molecule has 1 rings (SSSR count). The van der Waals surface area contributed by atoms with Gasteiger partial charge < -0.3 is 10.1 Å². The fraction of sp³-hybridized carbons (Fsp3) is 0.562. The van der Waals surface area contributed by atoms with Crippen molar-refractivity contribution in [2.75, 3.05) is 13.2 Å². The summed E-state index contributed by atoms with van der Waals surface area (Å²) < 4.78 is 5.91. The molecule has 0 heterocycles. The first-order chi connectivity index (χ1) is 8.93. The Morgan fingerprint density at radius 3 is 2.26 bits per heavy atom. The minimum absolute atomic E-state index is 0.455. The Kier molecular flexibility index (Phi) is 5.85. The molecular weight excluding hydrogens is 236 g/mol. The van der Waals surface area contributed by atoms with E-state index in [0.29, 0.717) is 24.1 Å². The maximum Gasteiger partial charge on any atom is 0.125 e. The van der Waals surface area contributed by atoms with E-state index in [1.807, 2.05) is 26.0 Å². The van der Waals surface area contributed by atoms with Crippen LogP contribution in [-0.2, 0) is 0 Å². The zero-order chi connectivity index (χ0) is 14.4. The van der Waals surface area contributed by atoms with Crippen molar-refractivity contribution in [3.63, 3.8) is 0 Å². The second kappa shape index (κ2) is 7.16. The van der Waals surface area contributed by atoms with Crippen LogP contribution in [0.4, 0.5) is 0 Å². The molecule has 0 saturated heterocycles. The van der Waals surface area contributed by atoms with Crippen LogP contribution in [0.1, 0.15) is 37.5 Å². The van der Waals surface area contributed by atoms with Gasteiger partial charge in [0.05, 0.1) is 18.2 Å². The maximum atomic E-state index is 8.92. The number of hydrogen-bond donors (Lipinski definition) is 1. The maximum absolute atomic E-state index is 8.92. The molecule has 0 bridgehead atoms. The molecule has 0 radical (unpaired) electrons. The van der Waals surface area contributed by atoms with Gasteiger partial charge in [-0.15, -0.1) is 0 Å². The molecule has 1 aromatic rings. The summed E-state index contributed by atoms with van der Waals surface area (Å²) in [5, 5.41) is 12.3. The van der Waals surface area contributed by atoms with Gasteiger partial charge in [-0.25, -0.2) is 0 Å². The first-order valence-corrected chi connectivity index (χ1v) is 6.81. The van der Waals surface area contributed by atoms with Gasteiger partial charge in [0, 0.05) is 18.5 Å². The summed E-state index contributed by atoms with van der Waals surface area (Å²) in [6.45, 7) is 12.1. The van der Waals surface area contributed by atoms with Crippen molar-refractivity contribution in [1.82, 2.24) is 5.32 Å². The van der Waals surface area contributed by atoms with Gasteiger partial charge in [-0.3, -0.25) is 0 Å². The number of rotatable bonds is 6. The third-order valence-electron chi connectivity index (χ3n) is 2.98. The van der Waals surface area contributed by atoms with Crippen molar-refractivity contribution in [1.29, 1.82) is 5.26 Å². The monoisotopic (exact) mass is 260 g/mol. The van der Waals surface area contributed by atoms with Gasteiger partial charge in [0.15, 0.2) is 0 Å². The van der Waals surface area contributed by atoms with Crippen molar-refractivity contribution in [3.05, 3.63) is 28.8 Å². The molecule has 1 N–H and O–H groups in total. The van der Waals surface area contributed by atoms with Crippen LogP contribution in [0, 0.1) is 31.1 Å². The first kappa shape index (κ1) is 15.5. The van der Waals surface area contributed by atoms with Gasteiger partial charge in [0.1, 0.15) is 5.75 Å². The van der Waals surface area contributed by atoms with Crippen molar-refractivity contribution >= 4 is 0 Å². The highest BCUT2D eigenvalue weighted by Crippen LogP contribution is 2.25. The summed E-state index contributed by atoms with van der Waals surface area (Å²) in [6, 6.07) is 6.42. The Balaban J connectivity index is 2.61. The lowest BCUT2D eigenvalue weighted by atomic mass is 10.1. The van der Waals surface area contributed by atoms with Crippen LogP contribution in [0.5, 0.6) is 5.75 Å². The fourth-order valence-electron chi connectivity index (χ4n) is 1.96. The highest BCUT2D eigenvalue weighted by Gasteiger charge is 2.09. The van der Waals surface area contributed by atoms with E-state index in [1.54, 1.807) is 0 Å². The minimum atomic E-state index is 0.455. The fourth-order valence-corrected chi connectivity index (χ4v) is 1.96. The Hall–Kier alpha value is -1.53. The number of benzene rings is 1. The number of nitrogens with one attached hydrogen (secondary N) is 1. The zero-order valence-corrected chi connectivity index (χ0v) is 12.6. The lowest BCUT2D eigenvalue weighted by Gasteiger charge is -2.18. The molecule has 104 valence electrons. The third-order valence-corrected chi connectivity index (χ3v) is 2.98. The summed E-state index contributed by atoms with van der Waals surface area (Å²) in [7, 11) is 0. The standard InChI is InChI=1S/C16H24N2O/c1-11(2)18-9-12(3)10-19-16-13(4)6-15(8-17)7-14(16)5/h6-7,11-12,18H,9-10H2,1-5H3. The number of ether oxygens (including phenoxy) is 1. The van der Waals surface area contributed by atoms with Gasteiger partial charge in [0.2, 0.25) is 0 Å². The molecule has 19 heavy (non-hydrogen) atoms. The Morgan fingerprint density at radius 2 is 1.79 bits per heavy atom. The lowest BCUT2D eigenvalue weighted by Crippen LogP contribution is -2.30. The van der Waals surface area contributed by atoms with Crippen LogP contribution in [0.15, 0.2) is 12.1 Å². The number of nitrogens with zero attached hydrogens (tertiary/aromatic N) is 1. The third kappa shape index (κ3) is 4.92. The predicted molar refractivity (Wildman–Crippen MR) is 78.4 cm³/mol. The second-order valence-corrected chi connectivity index (χ2v) is 5.53. The summed E-state index contributed by atoms with van der Waals surface area (Å²) >= 11 is 0. The molecule has 1 unspecified atom stereocenters. The molecule has 0 aliphatic heterocycles. The van der Waals surface area contributed by atoms with Gasteiger partial charge in [-0.05, 0) is 37.1 Å². The van der Waals surface area contributed by atoms with Crippen LogP contribution in [0.2, 0.25) is 0 Å². The van der Waals surface area contributed by atoms with E-state index in [4.69, 9.17) is 10.00 Å². The van der Waals surface area contributed by atoms with Gasteiger partial charge in [-0.1, -0.05) is 20.8 Å². The minimum Gasteiger partial charge on any atom is -0.493 e. The summed E-state index contributed by atoms with van der Waals surface area (Å²) in [6.07, 6.45) is 0. The van der Waals surface area contributed by atoms with Crippen LogP contribution in [0.25, 0.3) is 0 Å². The van der Waals surface area contributed by atoms with Gasteiger partial charge in [0.25, 0.3) is 0 Å². The molecular formula is C16H24N2O. The average Bonchev–Trinajstić information content (AvgIpc) is 2.34. The molecule has 1 aromatic carbocycles. The Bertz CT molecular complexity index is 437. The SMILES string of the molecule is Cc1cc(C#N)cc(C)c1OCC(C)CNC(C)C. The highest BCUT2D eigenvalue weighted by molar-refractivity contribution is 5.47. The molecule has 3 heteroatoms. The molecule has 3 nitrogen and oxygen atoms in total. The highest BCUT2D eigenvalue weighted by atomic mass is 16.5. The zero-order valence-electron chi connectivity index (χ0n) is 12.6. The van der Waals surface area contributed by atoms with Gasteiger partial charge >= 0.3 is 0 Å². The first-order valence-electron chi connectivity index (χ1n) is 6.81. The lowest BCUT2D eigenvalue weighted by molar-refractivity contribution is 0.250. The van der Waals surface area contributed by atoms with E-state index in [-0.39, 0.29) is 0 Å².